The van der Waals surface area contributed by atoms with Gasteiger partial charge in [-0.15, -0.1) is 0 Å². The fourth-order valence-electron chi connectivity index (χ4n) is 3.28. The number of benzene rings is 2. The van der Waals surface area contributed by atoms with Gasteiger partial charge in [0, 0.05) is 5.69 Å². The van der Waals surface area contributed by atoms with Gasteiger partial charge in [0.05, 0.1) is 34.4 Å². The van der Waals surface area contributed by atoms with Crippen LogP contribution in [0.3, 0.4) is 0 Å². The predicted octanol–water partition coefficient (Wildman–Crippen LogP) is 1.52. The standard InChI is InChI=1S/C22H17N3O8S/c23-34(30,31)16-5-1-3-14(10-16)24-19(26)12-33-22(29)13-6-7-17-18(9-13)21(28)25(20(17)27)11-15-4-2-8-32-15/h1-10H,11-12H2,(H,24,26)(H2,23,30,31). The Hall–Kier alpha value is -4.29. The lowest BCUT2D eigenvalue weighted by Crippen LogP contribution is -2.28. The fourth-order valence-corrected chi connectivity index (χ4v) is 3.84. The number of furan rings is 1. The number of hydrogen-bond donors (Lipinski definition) is 2. The van der Waals surface area contributed by atoms with Crippen molar-refractivity contribution >= 4 is 39.4 Å². The van der Waals surface area contributed by atoms with Gasteiger partial charge in [0.2, 0.25) is 10.0 Å². The summed E-state index contributed by atoms with van der Waals surface area (Å²) in [5.41, 5.74) is 0.297. The van der Waals surface area contributed by atoms with Gasteiger partial charge in [-0.25, -0.2) is 18.4 Å². The highest BCUT2D eigenvalue weighted by Crippen LogP contribution is 2.26. The molecule has 34 heavy (non-hydrogen) atoms. The third-order valence-electron chi connectivity index (χ3n) is 4.88. The normalized spacial score (nSPS) is 13.0. The maximum atomic E-state index is 12.7. The average molecular weight is 483 g/mol. The lowest BCUT2D eigenvalue weighted by Gasteiger charge is -2.11. The number of sulfonamides is 1. The second-order valence-corrected chi connectivity index (χ2v) is 8.79. The molecular formula is C22H17N3O8S. The smallest absolute Gasteiger partial charge is 0.338 e. The number of nitrogens with one attached hydrogen (secondary N) is 1. The van der Waals surface area contributed by atoms with Gasteiger partial charge >= 0.3 is 5.97 Å². The molecule has 3 amide bonds. The zero-order valence-electron chi connectivity index (χ0n) is 17.4. The Labute approximate surface area is 193 Å². The van der Waals surface area contributed by atoms with Crippen molar-refractivity contribution in [2.24, 2.45) is 5.14 Å². The van der Waals surface area contributed by atoms with Crippen molar-refractivity contribution in [3.8, 4) is 0 Å². The van der Waals surface area contributed by atoms with Crippen LogP contribution in [0.1, 0.15) is 36.8 Å². The summed E-state index contributed by atoms with van der Waals surface area (Å²) in [4.78, 5) is 50.5. The van der Waals surface area contributed by atoms with E-state index in [4.69, 9.17) is 14.3 Å². The molecule has 0 atom stereocenters. The first-order chi connectivity index (χ1) is 16.1. The Morgan fingerprint density at radius 2 is 1.76 bits per heavy atom. The zero-order chi connectivity index (χ0) is 24.5. The Balaban J connectivity index is 1.39. The monoisotopic (exact) mass is 483 g/mol. The molecule has 174 valence electrons. The van der Waals surface area contributed by atoms with Crippen LogP contribution in [0.25, 0.3) is 0 Å². The number of fused-ring (bicyclic) bond motifs is 1. The highest BCUT2D eigenvalue weighted by Gasteiger charge is 2.36. The lowest BCUT2D eigenvalue weighted by atomic mass is 10.1. The first kappa shape index (κ1) is 22.9. The number of esters is 1. The minimum atomic E-state index is -3.95. The summed E-state index contributed by atoms with van der Waals surface area (Å²) >= 11 is 0. The van der Waals surface area contributed by atoms with Gasteiger partial charge in [0.25, 0.3) is 17.7 Å². The lowest BCUT2D eigenvalue weighted by molar-refractivity contribution is -0.119. The van der Waals surface area contributed by atoms with E-state index in [1.54, 1.807) is 12.1 Å². The van der Waals surface area contributed by atoms with E-state index in [1.807, 2.05) is 0 Å². The molecule has 0 bridgehead atoms. The van der Waals surface area contributed by atoms with E-state index in [2.05, 4.69) is 5.32 Å². The highest BCUT2D eigenvalue weighted by atomic mass is 32.2. The topological polar surface area (TPSA) is 166 Å². The van der Waals surface area contributed by atoms with Gasteiger partial charge in [0.15, 0.2) is 6.61 Å². The molecule has 0 spiro atoms. The summed E-state index contributed by atoms with van der Waals surface area (Å²) in [6, 6.07) is 12.4. The predicted molar refractivity (Wildman–Crippen MR) is 116 cm³/mol. The van der Waals surface area contributed by atoms with Crippen LogP contribution in [0.5, 0.6) is 0 Å². The van der Waals surface area contributed by atoms with Gasteiger partial charge in [-0.1, -0.05) is 6.07 Å². The molecule has 2 heterocycles. The Morgan fingerprint density at radius 1 is 1.00 bits per heavy atom. The molecule has 1 aliphatic heterocycles. The van der Waals surface area contributed by atoms with Crippen molar-refractivity contribution in [1.29, 1.82) is 0 Å². The van der Waals surface area contributed by atoms with Crippen molar-refractivity contribution in [2.75, 3.05) is 11.9 Å². The summed E-state index contributed by atoms with van der Waals surface area (Å²) in [6.07, 6.45) is 1.43. The summed E-state index contributed by atoms with van der Waals surface area (Å²) < 4.78 is 33.0. The van der Waals surface area contributed by atoms with Crippen LogP contribution in [0.4, 0.5) is 5.69 Å². The molecule has 0 radical (unpaired) electrons. The second-order valence-electron chi connectivity index (χ2n) is 7.23. The van der Waals surface area contributed by atoms with Crippen LogP contribution in [-0.2, 0) is 26.1 Å². The van der Waals surface area contributed by atoms with Crippen LogP contribution < -0.4 is 10.5 Å². The van der Waals surface area contributed by atoms with E-state index in [1.165, 1.54) is 42.7 Å². The van der Waals surface area contributed by atoms with Crippen molar-refractivity contribution in [2.45, 2.75) is 11.4 Å². The number of nitrogens with zero attached hydrogens (tertiary/aromatic N) is 1. The number of amides is 3. The number of carbonyl (C=O) groups is 4. The Kier molecular flexibility index (Phi) is 6.01. The van der Waals surface area contributed by atoms with Crippen molar-refractivity contribution in [3.63, 3.8) is 0 Å². The quantitative estimate of drug-likeness (QED) is 0.377. The van der Waals surface area contributed by atoms with E-state index in [-0.39, 0.29) is 33.8 Å². The molecule has 0 saturated heterocycles. The summed E-state index contributed by atoms with van der Waals surface area (Å²) in [5, 5.41) is 7.45. The maximum absolute atomic E-state index is 12.7. The van der Waals surface area contributed by atoms with Gasteiger partial charge in [0.1, 0.15) is 5.76 Å². The van der Waals surface area contributed by atoms with Crippen LogP contribution in [0.15, 0.2) is 70.2 Å². The number of ether oxygens (including phenoxy) is 1. The van der Waals surface area contributed by atoms with Crippen LogP contribution in [-0.4, -0.2) is 43.6 Å². The van der Waals surface area contributed by atoms with Crippen LogP contribution in [0.2, 0.25) is 0 Å². The fraction of sp³-hybridized carbons (Fsp3) is 0.0909. The van der Waals surface area contributed by atoms with Crippen LogP contribution >= 0.6 is 0 Å². The largest absolute Gasteiger partial charge is 0.467 e. The summed E-state index contributed by atoms with van der Waals surface area (Å²) in [6.45, 7) is -0.723. The molecule has 1 aliphatic rings. The molecule has 0 aliphatic carbocycles. The molecule has 2 aromatic carbocycles. The molecule has 0 saturated carbocycles. The first-order valence-electron chi connectivity index (χ1n) is 9.76. The van der Waals surface area contributed by atoms with Gasteiger partial charge in [-0.05, 0) is 48.5 Å². The molecule has 4 rings (SSSR count). The van der Waals surface area contributed by atoms with E-state index in [0.717, 1.165) is 11.0 Å². The maximum Gasteiger partial charge on any atom is 0.338 e. The van der Waals surface area contributed by atoms with Gasteiger partial charge in [-0.2, -0.15) is 0 Å². The third-order valence-corrected chi connectivity index (χ3v) is 5.79. The SMILES string of the molecule is NS(=O)(=O)c1cccc(NC(=O)COC(=O)c2ccc3c(c2)C(=O)N(Cc2ccco2)C3=O)c1. The van der Waals surface area contributed by atoms with Crippen LogP contribution in [0, 0.1) is 0 Å². The number of primary sulfonamides is 1. The van der Waals surface area contributed by atoms with Crippen molar-refractivity contribution in [1.82, 2.24) is 4.90 Å². The average Bonchev–Trinajstić information content (AvgIpc) is 3.40. The molecule has 3 N–H and O–H groups in total. The van der Waals surface area contributed by atoms with Crippen molar-refractivity contribution < 1.29 is 36.7 Å². The summed E-state index contributed by atoms with van der Waals surface area (Å²) in [5.74, 6) is -2.29. The minimum Gasteiger partial charge on any atom is -0.467 e. The number of anilines is 1. The number of carbonyl (C=O) groups excluding carboxylic acids is 4. The second kappa shape index (κ2) is 8.92. The Bertz CT molecular complexity index is 1410. The van der Waals surface area contributed by atoms with E-state index < -0.39 is 40.3 Å². The van der Waals surface area contributed by atoms with Gasteiger partial charge < -0.3 is 14.5 Å². The number of rotatable bonds is 7. The van der Waals surface area contributed by atoms with E-state index >= 15 is 0 Å². The third kappa shape index (κ3) is 4.72. The molecule has 0 fully saturated rings. The molecule has 11 nitrogen and oxygen atoms in total. The molecular weight excluding hydrogens is 466 g/mol. The molecule has 0 unspecified atom stereocenters. The Morgan fingerprint density at radius 3 is 2.47 bits per heavy atom. The number of imide groups is 1. The van der Waals surface area contributed by atoms with Gasteiger partial charge in [-0.3, -0.25) is 19.3 Å². The van der Waals surface area contributed by atoms with E-state index in [0.29, 0.717) is 5.76 Å². The molecule has 3 aromatic rings. The number of hydrogen-bond acceptors (Lipinski definition) is 8. The summed E-state index contributed by atoms with van der Waals surface area (Å²) in [7, 11) is -3.95. The molecule has 1 aromatic heterocycles. The number of nitrogens with two attached hydrogens (primary N) is 1. The zero-order valence-corrected chi connectivity index (χ0v) is 18.2. The first-order valence-corrected chi connectivity index (χ1v) is 11.3. The van der Waals surface area contributed by atoms with Crippen molar-refractivity contribution in [3.05, 3.63) is 83.3 Å². The molecule has 12 heteroatoms. The van der Waals surface area contributed by atoms with E-state index in [9.17, 15) is 27.6 Å². The minimum absolute atomic E-state index is 0.0243. The highest BCUT2D eigenvalue weighted by molar-refractivity contribution is 7.89.